The first-order valence-corrected chi connectivity index (χ1v) is 7.63. The zero-order valence-electron chi connectivity index (χ0n) is 12.0. The van der Waals surface area contributed by atoms with Crippen LogP contribution in [0.5, 0.6) is 0 Å². The van der Waals surface area contributed by atoms with Gasteiger partial charge in [0.2, 0.25) is 0 Å². The highest BCUT2D eigenvalue weighted by atomic mass is 79.9. The fraction of sp³-hybridized carbons (Fsp3) is 0. The number of rotatable bonds is 1. The largest absolute Gasteiger partial charge is 0.410 e. The van der Waals surface area contributed by atoms with Crippen LogP contribution in [-0.4, -0.2) is 45.7 Å². The Hall–Kier alpha value is -2.99. The Kier molecular flexibility index (Phi) is 4.37. The average molecular weight is 429 g/mol. The van der Waals surface area contributed by atoms with E-state index in [1.165, 1.54) is 12.1 Å². The Labute approximate surface area is 151 Å². The molecule has 0 atom stereocenters. The molecule has 25 heavy (non-hydrogen) atoms. The molecule has 0 radical (unpaired) electrons. The second-order valence-electron chi connectivity index (χ2n) is 4.62. The summed E-state index contributed by atoms with van der Waals surface area (Å²) < 4.78 is 0.481. The van der Waals surface area contributed by atoms with Crippen molar-refractivity contribution in [1.29, 1.82) is 0 Å². The van der Waals surface area contributed by atoms with Crippen molar-refractivity contribution in [2.75, 3.05) is 0 Å². The van der Waals surface area contributed by atoms with Crippen LogP contribution in [0.15, 0.2) is 34.8 Å². The van der Waals surface area contributed by atoms with Gasteiger partial charge in [-0.1, -0.05) is 43.3 Å². The van der Waals surface area contributed by atoms with Crippen molar-refractivity contribution in [2.45, 2.75) is 0 Å². The van der Waals surface area contributed by atoms with Gasteiger partial charge in [-0.3, -0.25) is 10.1 Å². The third kappa shape index (κ3) is 3.16. The van der Waals surface area contributed by atoms with Crippen molar-refractivity contribution in [1.82, 2.24) is 30.3 Å². The van der Waals surface area contributed by atoms with Gasteiger partial charge in [-0.15, -0.1) is 10.2 Å². The number of benzene rings is 2. The first-order valence-electron chi connectivity index (χ1n) is 6.46. The first kappa shape index (κ1) is 16.9. The fourth-order valence-corrected chi connectivity index (χ4v) is 2.64. The summed E-state index contributed by atoms with van der Waals surface area (Å²) in [4.78, 5) is 11.2. The minimum Gasteiger partial charge on any atom is -0.410 e. The van der Waals surface area contributed by atoms with Gasteiger partial charge in [-0.25, -0.2) is 0 Å². The van der Waals surface area contributed by atoms with Crippen LogP contribution in [0.3, 0.4) is 0 Å². The minimum absolute atomic E-state index is 0.0562. The lowest BCUT2D eigenvalue weighted by atomic mass is 10.3. The van der Waals surface area contributed by atoms with Crippen molar-refractivity contribution in [3.05, 3.63) is 49.9 Å². The van der Waals surface area contributed by atoms with Gasteiger partial charge in [-0.2, -0.15) is 0 Å². The van der Waals surface area contributed by atoms with Gasteiger partial charge in [-0.05, 0) is 28.6 Å². The highest BCUT2D eigenvalue weighted by Gasteiger charge is 2.18. The van der Waals surface area contributed by atoms with Crippen LogP contribution in [-0.2, 0) is 0 Å². The molecule has 128 valence electrons. The fourth-order valence-electron chi connectivity index (χ4n) is 2.00. The summed E-state index contributed by atoms with van der Waals surface area (Å²) in [5.74, 6) is 0. The number of nitro benzene ring substituents is 1. The Morgan fingerprint density at radius 2 is 1.72 bits per heavy atom. The van der Waals surface area contributed by atoms with E-state index in [-0.39, 0.29) is 16.7 Å². The molecule has 4 aromatic rings. The van der Waals surface area contributed by atoms with E-state index in [1.807, 2.05) is 0 Å². The third-order valence-corrected chi connectivity index (χ3v) is 3.85. The van der Waals surface area contributed by atoms with E-state index in [2.05, 4.69) is 36.6 Å². The van der Waals surface area contributed by atoms with Crippen LogP contribution >= 0.6 is 27.5 Å². The SMILES string of the molecule is O=[N+]([O-])c1cc(Br)cc2c1nnn2O.On1nnc2c(Cl)cccc21. The van der Waals surface area contributed by atoms with Crippen LogP contribution in [0.1, 0.15) is 0 Å². The number of hydrogen-bond donors (Lipinski definition) is 2. The van der Waals surface area contributed by atoms with E-state index in [1.54, 1.807) is 18.2 Å². The van der Waals surface area contributed by atoms with E-state index in [0.717, 1.165) is 0 Å². The summed E-state index contributed by atoms with van der Waals surface area (Å²) in [7, 11) is 0. The Morgan fingerprint density at radius 3 is 2.36 bits per heavy atom. The molecule has 0 fully saturated rings. The zero-order valence-corrected chi connectivity index (χ0v) is 14.3. The Morgan fingerprint density at radius 1 is 1.08 bits per heavy atom. The van der Waals surface area contributed by atoms with Gasteiger partial charge >= 0.3 is 0 Å². The molecule has 0 bridgehead atoms. The standard InChI is InChI=1S/C6H3BrN4O3.C6H4ClN3O/c7-3-1-4-6(8-9-10(4)12)5(2-3)11(13)14;7-4-2-1-3-5-6(4)8-9-10(5)11/h1-2,12H;1-3,11H. The van der Waals surface area contributed by atoms with Crippen molar-refractivity contribution in [2.24, 2.45) is 0 Å². The van der Waals surface area contributed by atoms with Crippen LogP contribution in [0.2, 0.25) is 5.02 Å². The maximum Gasteiger partial charge on any atom is 0.300 e. The van der Waals surface area contributed by atoms with Gasteiger partial charge in [0, 0.05) is 10.5 Å². The van der Waals surface area contributed by atoms with Crippen molar-refractivity contribution in [3.8, 4) is 0 Å². The van der Waals surface area contributed by atoms with Crippen LogP contribution in [0.25, 0.3) is 22.1 Å². The summed E-state index contributed by atoms with van der Waals surface area (Å²) in [5, 5.41) is 43.1. The molecule has 2 aromatic carbocycles. The quantitative estimate of drug-likeness (QED) is 0.267. The van der Waals surface area contributed by atoms with E-state index in [0.29, 0.717) is 30.2 Å². The van der Waals surface area contributed by atoms with Gasteiger partial charge in [0.15, 0.2) is 5.52 Å². The highest BCUT2D eigenvalue weighted by Crippen LogP contribution is 2.27. The second-order valence-corrected chi connectivity index (χ2v) is 5.94. The number of nitrogens with zero attached hydrogens (tertiary/aromatic N) is 7. The summed E-state index contributed by atoms with van der Waals surface area (Å²) >= 11 is 8.83. The molecule has 0 amide bonds. The van der Waals surface area contributed by atoms with Crippen molar-refractivity contribution in [3.63, 3.8) is 0 Å². The summed E-state index contributed by atoms with van der Waals surface area (Å²) in [6.07, 6.45) is 0. The first-order chi connectivity index (χ1) is 11.9. The number of halogens is 2. The minimum atomic E-state index is -0.582. The number of aromatic nitrogens is 6. The average Bonchev–Trinajstić information content (AvgIpc) is 3.13. The summed E-state index contributed by atoms with van der Waals surface area (Å²) in [6, 6.07) is 7.89. The van der Waals surface area contributed by atoms with Crippen LogP contribution < -0.4 is 0 Å². The summed E-state index contributed by atoms with van der Waals surface area (Å²) in [5.41, 5.74) is 1.07. The van der Waals surface area contributed by atoms with Gasteiger partial charge < -0.3 is 10.4 Å². The molecule has 0 unspecified atom stereocenters. The molecule has 2 heterocycles. The number of fused-ring (bicyclic) bond motifs is 2. The maximum atomic E-state index is 10.6. The van der Waals surface area contributed by atoms with E-state index in [4.69, 9.17) is 22.0 Å². The van der Waals surface area contributed by atoms with Crippen molar-refractivity contribution < 1.29 is 15.3 Å². The summed E-state index contributed by atoms with van der Waals surface area (Å²) in [6.45, 7) is 0. The van der Waals surface area contributed by atoms with Crippen LogP contribution in [0.4, 0.5) is 5.69 Å². The van der Waals surface area contributed by atoms with E-state index in [9.17, 15) is 10.1 Å². The van der Waals surface area contributed by atoms with Crippen LogP contribution in [0, 0.1) is 10.1 Å². The van der Waals surface area contributed by atoms with Gasteiger partial charge in [0.1, 0.15) is 16.6 Å². The monoisotopic (exact) mass is 427 g/mol. The molecule has 4 rings (SSSR count). The highest BCUT2D eigenvalue weighted by molar-refractivity contribution is 9.10. The Bertz CT molecular complexity index is 1100. The van der Waals surface area contributed by atoms with Gasteiger partial charge in [0.05, 0.1) is 9.95 Å². The molecule has 2 aromatic heterocycles. The molecule has 0 aliphatic heterocycles. The lowest BCUT2D eigenvalue weighted by Gasteiger charge is -1.94. The maximum absolute atomic E-state index is 10.6. The molecular formula is C12H7BrClN7O4. The topological polar surface area (TPSA) is 145 Å². The lowest BCUT2D eigenvalue weighted by molar-refractivity contribution is -0.383. The molecule has 0 aliphatic carbocycles. The van der Waals surface area contributed by atoms with E-state index < -0.39 is 4.92 Å². The molecule has 11 nitrogen and oxygen atoms in total. The normalized spacial score (nSPS) is 10.6. The van der Waals surface area contributed by atoms with Gasteiger partial charge in [0.25, 0.3) is 5.69 Å². The molecule has 0 saturated carbocycles. The number of hydrogen-bond acceptors (Lipinski definition) is 8. The smallest absolute Gasteiger partial charge is 0.300 e. The zero-order chi connectivity index (χ0) is 18.1. The molecule has 0 spiro atoms. The molecule has 0 aliphatic rings. The lowest BCUT2D eigenvalue weighted by Crippen LogP contribution is -1.92. The molecule has 13 heteroatoms. The Balaban J connectivity index is 0.000000150. The molecule has 0 saturated heterocycles. The number of nitro groups is 1. The molecule has 2 N–H and O–H groups in total. The van der Waals surface area contributed by atoms with Crippen molar-refractivity contribution >= 4 is 55.3 Å². The molecular weight excluding hydrogens is 422 g/mol. The van der Waals surface area contributed by atoms with E-state index >= 15 is 0 Å². The predicted molar refractivity (Wildman–Crippen MR) is 88.8 cm³/mol. The second kappa shape index (κ2) is 6.49. The predicted octanol–water partition coefficient (Wildman–Crippen LogP) is 2.66. The number of non-ortho nitro benzene ring substituents is 1. The third-order valence-electron chi connectivity index (χ3n) is 3.09.